The van der Waals surface area contributed by atoms with Gasteiger partial charge in [0.05, 0.1) is 5.56 Å². The van der Waals surface area contributed by atoms with Crippen LogP contribution in [0.25, 0.3) is 98.8 Å². The molecule has 10 aromatic rings. The summed E-state index contributed by atoms with van der Waals surface area (Å²) in [6.45, 7) is 0. The Balaban J connectivity index is 1.20. The largest absolute Gasteiger partial charge is 0.504 e. The second-order valence-electron chi connectivity index (χ2n) is 13.6. The maximum Gasteiger partial charge on any atom is 0.208 e. The molecule has 0 atom stereocenters. The monoisotopic (exact) mass is 702 g/mol. The van der Waals surface area contributed by atoms with Crippen molar-refractivity contribution in [3.63, 3.8) is 0 Å². The third kappa shape index (κ3) is 4.53. The zero-order valence-corrected chi connectivity index (χ0v) is 28.6. The minimum absolute atomic E-state index is 0.185. The molecular weight excluding hydrogens is 673 g/mol. The molecule has 10 rings (SSSR count). The molecule has 0 aliphatic carbocycles. The summed E-state index contributed by atoms with van der Waals surface area (Å²) in [5.41, 5.74) is 8.26. The average molecular weight is 703 g/mol. The number of furan rings is 1. The molecule has 0 saturated heterocycles. The van der Waals surface area contributed by atoms with Gasteiger partial charge in [-0.3, -0.25) is 0 Å². The van der Waals surface area contributed by atoms with Crippen LogP contribution >= 0.6 is 0 Å². The van der Waals surface area contributed by atoms with Crippen LogP contribution < -0.4 is 0 Å². The number of phenolic OH excluding ortho intramolecular Hbond substituents is 5. The van der Waals surface area contributed by atoms with Crippen molar-refractivity contribution in [2.75, 3.05) is 0 Å². The highest BCUT2D eigenvalue weighted by atomic mass is 16.4. The first-order valence-corrected chi connectivity index (χ1v) is 17.6. The molecule has 1 aromatic heterocycles. The van der Waals surface area contributed by atoms with Crippen LogP contribution in [0.2, 0.25) is 0 Å². The molecule has 1 heterocycles. The molecular formula is C48H30O6. The van der Waals surface area contributed by atoms with Crippen LogP contribution in [0.5, 0.6) is 28.7 Å². The van der Waals surface area contributed by atoms with Crippen LogP contribution in [-0.2, 0) is 0 Å². The summed E-state index contributed by atoms with van der Waals surface area (Å²) in [7, 11) is 0. The zero-order valence-electron chi connectivity index (χ0n) is 28.6. The molecule has 0 amide bonds. The first kappa shape index (κ1) is 31.3. The quantitative estimate of drug-likeness (QED) is 0.0708. The molecule has 0 saturated carbocycles. The van der Waals surface area contributed by atoms with Crippen LogP contribution in [0, 0.1) is 0 Å². The van der Waals surface area contributed by atoms with Gasteiger partial charge in [-0.1, -0.05) is 127 Å². The smallest absolute Gasteiger partial charge is 0.208 e. The Kier molecular flexibility index (Phi) is 6.84. The molecule has 0 unspecified atom stereocenters. The molecule has 0 aliphatic rings. The lowest BCUT2D eigenvalue weighted by atomic mass is 9.83. The SMILES string of the molecule is Oc1c(O)c(O)c(-c2ccc(-c3c4ccccc4c(-c4cccc(-c5ccc6oc7ccccc7c6c5)c4)c4ccccc34)c3ccccc23)c(O)c1O. The van der Waals surface area contributed by atoms with Gasteiger partial charge in [0.15, 0.2) is 11.5 Å². The van der Waals surface area contributed by atoms with Gasteiger partial charge >= 0.3 is 0 Å². The summed E-state index contributed by atoms with van der Waals surface area (Å²) in [5, 5.41) is 60.5. The molecule has 5 N–H and O–H groups in total. The van der Waals surface area contributed by atoms with Crippen LogP contribution in [0.4, 0.5) is 0 Å². The third-order valence-corrected chi connectivity index (χ3v) is 10.6. The molecule has 258 valence electrons. The van der Waals surface area contributed by atoms with Gasteiger partial charge in [-0.25, -0.2) is 0 Å². The Bertz CT molecular complexity index is 3090. The van der Waals surface area contributed by atoms with Gasteiger partial charge in [-0.15, -0.1) is 0 Å². The first-order valence-electron chi connectivity index (χ1n) is 17.6. The topological polar surface area (TPSA) is 114 Å². The van der Waals surface area contributed by atoms with E-state index in [0.717, 1.165) is 82.3 Å². The normalized spacial score (nSPS) is 11.7. The molecule has 6 heteroatoms. The van der Waals surface area contributed by atoms with Gasteiger partial charge in [0.1, 0.15) is 11.2 Å². The Morgan fingerprint density at radius 2 is 0.722 bits per heavy atom. The Morgan fingerprint density at radius 3 is 1.33 bits per heavy atom. The van der Waals surface area contributed by atoms with E-state index in [4.69, 9.17) is 4.42 Å². The van der Waals surface area contributed by atoms with Gasteiger partial charge < -0.3 is 29.9 Å². The van der Waals surface area contributed by atoms with Crippen molar-refractivity contribution in [1.29, 1.82) is 0 Å². The molecule has 9 aromatic carbocycles. The lowest BCUT2D eigenvalue weighted by Gasteiger charge is -2.20. The fraction of sp³-hybridized carbons (Fsp3) is 0. The second kappa shape index (κ2) is 11.8. The van der Waals surface area contributed by atoms with E-state index in [1.165, 1.54) is 0 Å². The number of hydrogen-bond acceptors (Lipinski definition) is 6. The average Bonchev–Trinajstić information content (AvgIpc) is 3.59. The standard InChI is InChI=1S/C48H30O6/c49-44-43(45(50)47(52)48(53)46(44)51)37-22-21-36(29-12-1-2-13-30(29)37)42-34-17-5-3-15-32(34)41(33-16-4-6-18-35(33)42)28-11-9-10-26(24-28)27-20-23-40-38(25-27)31-14-7-8-19-39(31)54-40/h1-25,49-53H. The minimum Gasteiger partial charge on any atom is -0.504 e. The van der Waals surface area contributed by atoms with E-state index < -0.39 is 28.7 Å². The van der Waals surface area contributed by atoms with E-state index in [2.05, 4.69) is 78.9 Å². The first-order chi connectivity index (χ1) is 26.4. The molecule has 0 radical (unpaired) electrons. The predicted octanol–water partition coefficient (Wildman–Crippen LogP) is 12.2. The summed E-state index contributed by atoms with van der Waals surface area (Å²) in [5.74, 6) is -4.30. The lowest BCUT2D eigenvalue weighted by molar-refractivity contribution is 0.330. The maximum atomic E-state index is 10.9. The number of phenols is 5. The Hall–Kier alpha value is -7.44. The molecule has 0 bridgehead atoms. The Labute approximate surface area is 308 Å². The maximum absolute atomic E-state index is 10.9. The van der Waals surface area contributed by atoms with E-state index in [0.29, 0.717) is 10.9 Å². The summed E-state index contributed by atoms with van der Waals surface area (Å²) in [4.78, 5) is 0. The van der Waals surface area contributed by atoms with E-state index in [1.807, 2.05) is 66.7 Å². The molecule has 6 nitrogen and oxygen atoms in total. The second-order valence-corrected chi connectivity index (χ2v) is 13.6. The Morgan fingerprint density at radius 1 is 0.278 bits per heavy atom. The van der Waals surface area contributed by atoms with E-state index >= 15 is 0 Å². The third-order valence-electron chi connectivity index (χ3n) is 10.6. The molecule has 0 aliphatic heterocycles. The van der Waals surface area contributed by atoms with Crippen LogP contribution in [0.1, 0.15) is 0 Å². The summed E-state index contributed by atoms with van der Waals surface area (Å²) in [6.07, 6.45) is 0. The number of fused-ring (bicyclic) bond motifs is 6. The minimum atomic E-state index is -0.995. The van der Waals surface area contributed by atoms with E-state index in [9.17, 15) is 25.5 Å². The summed E-state index contributed by atoms with van der Waals surface area (Å²) < 4.78 is 6.11. The molecule has 54 heavy (non-hydrogen) atoms. The van der Waals surface area contributed by atoms with Gasteiger partial charge in [0.2, 0.25) is 17.2 Å². The number of aromatic hydroxyl groups is 5. The van der Waals surface area contributed by atoms with Crippen molar-refractivity contribution in [2.45, 2.75) is 0 Å². The number of para-hydroxylation sites is 1. The van der Waals surface area contributed by atoms with Gasteiger partial charge in [-0.2, -0.15) is 0 Å². The fourth-order valence-corrected chi connectivity index (χ4v) is 8.17. The predicted molar refractivity (Wildman–Crippen MR) is 216 cm³/mol. The van der Waals surface area contributed by atoms with Crippen molar-refractivity contribution >= 4 is 54.3 Å². The highest BCUT2D eigenvalue weighted by Crippen LogP contribution is 2.56. The zero-order chi connectivity index (χ0) is 36.7. The lowest BCUT2D eigenvalue weighted by Crippen LogP contribution is -1.93. The number of benzene rings is 9. The van der Waals surface area contributed by atoms with Crippen molar-refractivity contribution in [1.82, 2.24) is 0 Å². The van der Waals surface area contributed by atoms with E-state index in [-0.39, 0.29) is 5.56 Å². The van der Waals surface area contributed by atoms with Gasteiger partial charge in [-0.05, 0) is 95.5 Å². The highest BCUT2D eigenvalue weighted by molar-refractivity contribution is 6.24. The van der Waals surface area contributed by atoms with Crippen molar-refractivity contribution in [2.24, 2.45) is 0 Å². The van der Waals surface area contributed by atoms with Crippen LogP contribution in [0.15, 0.2) is 156 Å². The molecule has 0 fully saturated rings. The van der Waals surface area contributed by atoms with Crippen molar-refractivity contribution in [3.8, 4) is 73.3 Å². The van der Waals surface area contributed by atoms with Crippen LogP contribution in [-0.4, -0.2) is 25.5 Å². The van der Waals surface area contributed by atoms with E-state index in [1.54, 1.807) is 6.07 Å². The van der Waals surface area contributed by atoms with Crippen LogP contribution in [0.3, 0.4) is 0 Å². The highest BCUT2D eigenvalue weighted by Gasteiger charge is 2.26. The van der Waals surface area contributed by atoms with Crippen molar-refractivity contribution in [3.05, 3.63) is 152 Å². The number of rotatable bonds is 4. The summed E-state index contributed by atoms with van der Waals surface area (Å²) in [6, 6.07) is 51.2. The number of hydrogen-bond donors (Lipinski definition) is 5. The fourth-order valence-electron chi connectivity index (χ4n) is 8.17. The van der Waals surface area contributed by atoms with Crippen molar-refractivity contribution < 1.29 is 29.9 Å². The van der Waals surface area contributed by atoms with Gasteiger partial charge in [0, 0.05) is 10.8 Å². The summed E-state index contributed by atoms with van der Waals surface area (Å²) >= 11 is 0. The molecule has 0 spiro atoms. The van der Waals surface area contributed by atoms with Gasteiger partial charge in [0.25, 0.3) is 0 Å².